The van der Waals surface area contributed by atoms with Crippen LogP contribution in [-0.4, -0.2) is 33.2 Å². The first-order valence-corrected chi connectivity index (χ1v) is 6.84. The molecule has 4 heteroatoms. The SMILES string of the molecule is NCc1cc(CN2C3CCC2CC(O)C3)ccn1. The third kappa shape index (κ3) is 2.28. The van der Waals surface area contributed by atoms with Gasteiger partial charge in [0.2, 0.25) is 0 Å². The van der Waals surface area contributed by atoms with Crippen LogP contribution in [0.2, 0.25) is 0 Å². The summed E-state index contributed by atoms with van der Waals surface area (Å²) in [7, 11) is 0. The molecule has 2 unspecified atom stereocenters. The Bertz CT molecular complexity index is 409. The van der Waals surface area contributed by atoms with Crippen LogP contribution in [0.4, 0.5) is 0 Å². The highest BCUT2D eigenvalue weighted by Gasteiger charge is 2.39. The number of pyridine rings is 1. The van der Waals surface area contributed by atoms with Crippen LogP contribution < -0.4 is 5.73 Å². The van der Waals surface area contributed by atoms with Crippen molar-refractivity contribution in [3.05, 3.63) is 29.6 Å². The highest BCUT2D eigenvalue weighted by Crippen LogP contribution is 2.36. The van der Waals surface area contributed by atoms with Crippen LogP contribution in [0.5, 0.6) is 0 Å². The van der Waals surface area contributed by atoms with E-state index in [1.807, 2.05) is 6.20 Å². The van der Waals surface area contributed by atoms with Gasteiger partial charge in [-0.05, 0) is 43.4 Å². The molecule has 2 atom stereocenters. The normalized spacial score (nSPS) is 31.8. The van der Waals surface area contributed by atoms with E-state index < -0.39 is 0 Å². The third-order valence-corrected chi connectivity index (χ3v) is 4.31. The van der Waals surface area contributed by atoms with E-state index in [-0.39, 0.29) is 6.10 Å². The maximum absolute atomic E-state index is 9.80. The molecular weight excluding hydrogens is 226 g/mol. The van der Waals surface area contributed by atoms with E-state index in [1.165, 1.54) is 18.4 Å². The fourth-order valence-corrected chi connectivity index (χ4v) is 3.45. The standard InChI is InChI=1S/C14H21N3O/c15-8-11-5-10(3-4-16-11)9-17-12-1-2-13(17)7-14(18)6-12/h3-5,12-14,18H,1-2,6-9,15H2. The monoisotopic (exact) mass is 247 g/mol. The lowest BCUT2D eigenvalue weighted by atomic mass is 9.99. The van der Waals surface area contributed by atoms with Crippen LogP contribution in [0.25, 0.3) is 0 Å². The quantitative estimate of drug-likeness (QED) is 0.837. The number of nitrogens with two attached hydrogens (primary N) is 1. The zero-order valence-corrected chi connectivity index (χ0v) is 10.6. The van der Waals surface area contributed by atoms with Gasteiger partial charge in [-0.25, -0.2) is 0 Å². The summed E-state index contributed by atoms with van der Waals surface area (Å²) >= 11 is 0. The van der Waals surface area contributed by atoms with Crippen molar-refractivity contribution >= 4 is 0 Å². The average molecular weight is 247 g/mol. The van der Waals surface area contributed by atoms with E-state index in [1.54, 1.807) is 0 Å². The van der Waals surface area contributed by atoms with Crippen molar-refractivity contribution in [3.63, 3.8) is 0 Å². The van der Waals surface area contributed by atoms with Crippen LogP contribution in [0.1, 0.15) is 36.9 Å². The van der Waals surface area contributed by atoms with Crippen molar-refractivity contribution in [3.8, 4) is 0 Å². The Morgan fingerprint density at radius 2 is 2.06 bits per heavy atom. The first kappa shape index (κ1) is 12.1. The number of hydrogen-bond acceptors (Lipinski definition) is 4. The summed E-state index contributed by atoms with van der Waals surface area (Å²) in [4.78, 5) is 6.79. The minimum Gasteiger partial charge on any atom is -0.393 e. The molecule has 1 aromatic rings. The molecule has 2 aliphatic heterocycles. The Morgan fingerprint density at radius 3 is 2.72 bits per heavy atom. The lowest BCUT2D eigenvalue weighted by Gasteiger charge is -2.37. The van der Waals surface area contributed by atoms with E-state index in [2.05, 4.69) is 22.0 Å². The molecule has 98 valence electrons. The number of aliphatic hydroxyl groups excluding tert-OH is 1. The van der Waals surface area contributed by atoms with E-state index >= 15 is 0 Å². The minimum atomic E-state index is -0.0872. The summed E-state index contributed by atoms with van der Waals surface area (Å²) in [6, 6.07) is 5.30. The van der Waals surface area contributed by atoms with Gasteiger partial charge >= 0.3 is 0 Å². The van der Waals surface area contributed by atoms with Gasteiger partial charge in [-0.2, -0.15) is 0 Å². The smallest absolute Gasteiger partial charge is 0.0570 e. The number of rotatable bonds is 3. The second kappa shape index (κ2) is 4.96. The fourth-order valence-electron chi connectivity index (χ4n) is 3.45. The molecule has 3 heterocycles. The van der Waals surface area contributed by atoms with E-state index in [0.29, 0.717) is 18.6 Å². The molecule has 2 aliphatic rings. The summed E-state index contributed by atoms with van der Waals surface area (Å²) in [6.07, 6.45) is 6.10. The molecule has 0 aromatic carbocycles. The van der Waals surface area contributed by atoms with Gasteiger partial charge < -0.3 is 10.8 Å². The van der Waals surface area contributed by atoms with Crippen LogP contribution >= 0.6 is 0 Å². The van der Waals surface area contributed by atoms with Crippen LogP contribution in [-0.2, 0) is 13.1 Å². The third-order valence-electron chi connectivity index (χ3n) is 4.31. The predicted octanol–water partition coefficient (Wildman–Crippen LogP) is 1.03. The van der Waals surface area contributed by atoms with Crippen molar-refractivity contribution in [1.29, 1.82) is 0 Å². The second-order valence-electron chi connectivity index (χ2n) is 5.54. The molecule has 0 radical (unpaired) electrons. The molecule has 4 nitrogen and oxygen atoms in total. The highest BCUT2D eigenvalue weighted by molar-refractivity contribution is 5.17. The van der Waals surface area contributed by atoms with Gasteiger partial charge in [0.15, 0.2) is 0 Å². The Labute approximate surface area is 108 Å². The van der Waals surface area contributed by atoms with Crippen molar-refractivity contribution < 1.29 is 5.11 Å². The van der Waals surface area contributed by atoms with Crippen LogP contribution in [0.15, 0.2) is 18.3 Å². The Hall–Kier alpha value is -0.970. The van der Waals surface area contributed by atoms with Crippen molar-refractivity contribution in [1.82, 2.24) is 9.88 Å². The Kier molecular flexibility index (Phi) is 3.33. The number of aromatic nitrogens is 1. The lowest BCUT2D eigenvalue weighted by Crippen LogP contribution is -2.44. The van der Waals surface area contributed by atoms with Crippen molar-refractivity contribution in [2.75, 3.05) is 0 Å². The molecule has 2 saturated heterocycles. The second-order valence-corrected chi connectivity index (χ2v) is 5.54. The summed E-state index contributed by atoms with van der Waals surface area (Å²) in [5.74, 6) is 0. The molecule has 2 fully saturated rings. The lowest BCUT2D eigenvalue weighted by molar-refractivity contribution is 0.0310. The zero-order chi connectivity index (χ0) is 12.5. The predicted molar refractivity (Wildman–Crippen MR) is 69.7 cm³/mol. The van der Waals surface area contributed by atoms with Gasteiger partial charge in [0, 0.05) is 31.4 Å². The molecule has 1 aromatic heterocycles. The van der Waals surface area contributed by atoms with E-state index in [0.717, 1.165) is 25.1 Å². The fraction of sp³-hybridized carbons (Fsp3) is 0.643. The summed E-state index contributed by atoms with van der Waals surface area (Å²) < 4.78 is 0. The Morgan fingerprint density at radius 1 is 1.33 bits per heavy atom. The molecule has 0 amide bonds. The zero-order valence-electron chi connectivity index (χ0n) is 10.6. The molecule has 0 saturated carbocycles. The summed E-state index contributed by atoms with van der Waals surface area (Å²) in [5.41, 5.74) is 7.87. The summed E-state index contributed by atoms with van der Waals surface area (Å²) in [5, 5.41) is 9.80. The van der Waals surface area contributed by atoms with Gasteiger partial charge in [-0.1, -0.05) is 0 Å². The molecule has 2 bridgehead atoms. The van der Waals surface area contributed by atoms with Gasteiger partial charge in [-0.15, -0.1) is 0 Å². The van der Waals surface area contributed by atoms with Crippen LogP contribution in [0, 0.1) is 0 Å². The number of nitrogens with zero attached hydrogens (tertiary/aromatic N) is 2. The van der Waals surface area contributed by atoms with Gasteiger partial charge in [0.05, 0.1) is 11.8 Å². The Balaban J connectivity index is 1.73. The molecule has 3 rings (SSSR count). The molecule has 0 aliphatic carbocycles. The maximum Gasteiger partial charge on any atom is 0.0570 e. The molecule has 18 heavy (non-hydrogen) atoms. The maximum atomic E-state index is 9.80. The van der Waals surface area contributed by atoms with Crippen molar-refractivity contribution in [2.24, 2.45) is 5.73 Å². The van der Waals surface area contributed by atoms with Gasteiger partial charge in [0.1, 0.15) is 0 Å². The van der Waals surface area contributed by atoms with E-state index in [9.17, 15) is 5.11 Å². The first-order valence-electron chi connectivity index (χ1n) is 6.84. The molecule has 0 spiro atoms. The molecule has 3 N–H and O–H groups in total. The number of aliphatic hydroxyl groups is 1. The number of hydrogen-bond donors (Lipinski definition) is 2. The van der Waals surface area contributed by atoms with E-state index in [4.69, 9.17) is 5.73 Å². The topological polar surface area (TPSA) is 62.4 Å². The minimum absolute atomic E-state index is 0.0872. The number of fused-ring (bicyclic) bond motifs is 2. The van der Waals surface area contributed by atoms with Gasteiger partial charge in [-0.3, -0.25) is 9.88 Å². The van der Waals surface area contributed by atoms with Crippen LogP contribution in [0.3, 0.4) is 0 Å². The first-order chi connectivity index (χ1) is 8.76. The van der Waals surface area contributed by atoms with Gasteiger partial charge in [0.25, 0.3) is 0 Å². The largest absolute Gasteiger partial charge is 0.393 e. The molecular formula is C14H21N3O. The number of piperidine rings is 1. The highest BCUT2D eigenvalue weighted by atomic mass is 16.3. The summed E-state index contributed by atoms with van der Waals surface area (Å²) in [6.45, 7) is 1.47. The van der Waals surface area contributed by atoms with Crippen molar-refractivity contribution in [2.45, 2.75) is 57.0 Å². The average Bonchev–Trinajstić information content (AvgIpc) is 2.62.